The molecule has 1 heterocycles. The average Bonchev–Trinajstić information content (AvgIpc) is 2.71. The first-order valence-corrected chi connectivity index (χ1v) is 6.01. The van der Waals surface area contributed by atoms with Gasteiger partial charge in [-0.15, -0.1) is 0 Å². The van der Waals surface area contributed by atoms with Gasteiger partial charge in [-0.1, -0.05) is 30.6 Å². The molecule has 1 aromatic carbocycles. The number of nitrogens with two attached hydrogens (primary N) is 1. The van der Waals surface area contributed by atoms with Crippen LogP contribution in [0.3, 0.4) is 0 Å². The third-order valence-electron chi connectivity index (χ3n) is 2.75. The molecule has 0 aliphatic carbocycles. The molecule has 0 amide bonds. The third-order valence-corrected chi connectivity index (χ3v) is 2.98. The van der Waals surface area contributed by atoms with E-state index in [0.717, 1.165) is 11.1 Å². The van der Waals surface area contributed by atoms with Crippen LogP contribution in [0.25, 0.3) is 11.3 Å². The van der Waals surface area contributed by atoms with E-state index < -0.39 is 0 Å². The molecule has 0 spiro atoms. The van der Waals surface area contributed by atoms with E-state index in [1.54, 1.807) is 25.3 Å². The predicted molar refractivity (Wildman–Crippen MR) is 72.0 cm³/mol. The van der Waals surface area contributed by atoms with Crippen molar-refractivity contribution in [1.82, 2.24) is 5.16 Å². The van der Waals surface area contributed by atoms with Crippen LogP contribution in [0.2, 0.25) is 5.02 Å². The van der Waals surface area contributed by atoms with Gasteiger partial charge in [-0.25, -0.2) is 0 Å². The number of ether oxygens (including phenoxy) is 1. The van der Waals surface area contributed by atoms with E-state index in [2.05, 4.69) is 5.16 Å². The van der Waals surface area contributed by atoms with Crippen LogP contribution >= 0.6 is 11.6 Å². The van der Waals surface area contributed by atoms with Gasteiger partial charge in [0.2, 0.25) is 5.88 Å². The van der Waals surface area contributed by atoms with Gasteiger partial charge >= 0.3 is 0 Å². The van der Waals surface area contributed by atoms with Crippen molar-refractivity contribution in [1.29, 1.82) is 0 Å². The van der Waals surface area contributed by atoms with Crippen LogP contribution in [0.4, 0.5) is 5.88 Å². The van der Waals surface area contributed by atoms with E-state index in [-0.39, 0.29) is 5.92 Å². The van der Waals surface area contributed by atoms with Gasteiger partial charge in [-0.05, 0) is 24.1 Å². The molecule has 5 heteroatoms. The molecule has 2 rings (SSSR count). The standard InChI is InChI=1S/C13H15ClN2O2/c1-7(2)11-12(16-18-13(11)15)9-6-8(14)4-5-10(9)17-3/h4-7H,15H2,1-3H3. The van der Waals surface area contributed by atoms with Gasteiger partial charge < -0.3 is 15.0 Å². The molecule has 1 aromatic heterocycles. The van der Waals surface area contributed by atoms with Crippen molar-refractivity contribution in [3.63, 3.8) is 0 Å². The maximum absolute atomic E-state index is 6.02. The third kappa shape index (κ3) is 2.16. The number of methoxy groups -OCH3 is 1. The van der Waals surface area contributed by atoms with Crippen molar-refractivity contribution in [2.24, 2.45) is 0 Å². The van der Waals surface area contributed by atoms with E-state index in [0.29, 0.717) is 22.4 Å². The summed E-state index contributed by atoms with van der Waals surface area (Å²) in [5, 5.41) is 4.63. The summed E-state index contributed by atoms with van der Waals surface area (Å²) >= 11 is 6.02. The second kappa shape index (κ2) is 4.90. The summed E-state index contributed by atoms with van der Waals surface area (Å²) in [6.07, 6.45) is 0. The quantitative estimate of drug-likeness (QED) is 0.920. The maximum Gasteiger partial charge on any atom is 0.226 e. The minimum atomic E-state index is 0.204. The van der Waals surface area contributed by atoms with E-state index in [4.69, 9.17) is 26.6 Å². The molecule has 0 atom stereocenters. The van der Waals surface area contributed by atoms with Crippen molar-refractivity contribution in [3.05, 3.63) is 28.8 Å². The van der Waals surface area contributed by atoms with Crippen LogP contribution in [-0.4, -0.2) is 12.3 Å². The van der Waals surface area contributed by atoms with E-state index in [9.17, 15) is 0 Å². The van der Waals surface area contributed by atoms with Gasteiger partial charge in [0, 0.05) is 16.1 Å². The van der Waals surface area contributed by atoms with Crippen LogP contribution in [0.15, 0.2) is 22.7 Å². The summed E-state index contributed by atoms with van der Waals surface area (Å²) in [6.45, 7) is 4.06. The van der Waals surface area contributed by atoms with Gasteiger partial charge in [0.15, 0.2) is 0 Å². The maximum atomic E-state index is 6.02. The average molecular weight is 267 g/mol. The number of anilines is 1. The number of nitrogens with zero attached hydrogens (tertiary/aromatic N) is 1. The Kier molecular flexibility index (Phi) is 3.48. The monoisotopic (exact) mass is 266 g/mol. The second-order valence-electron chi connectivity index (χ2n) is 4.31. The molecule has 0 bridgehead atoms. The molecule has 2 N–H and O–H groups in total. The Morgan fingerprint density at radius 2 is 2.11 bits per heavy atom. The number of aromatic nitrogens is 1. The number of rotatable bonds is 3. The molecule has 0 fully saturated rings. The molecule has 0 aliphatic heterocycles. The van der Waals surface area contributed by atoms with E-state index >= 15 is 0 Å². The number of nitrogen functional groups attached to an aromatic ring is 1. The summed E-state index contributed by atoms with van der Waals surface area (Å²) in [4.78, 5) is 0. The van der Waals surface area contributed by atoms with Gasteiger partial charge in [0.25, 0.3) is 0 Å². The molecular weight excluding hydrogens is 252 g/mol. The Balaban J connectivity index is 2.65. The fraction of sp³-hybridized carbons (Fsp3) is 0.308. The summed E-state index contributed by atoms with van der Waals surface area (Å²) in [5.74, 6) is 1.23. The first-order valence-electron chi connectivity index (χ1n) is 5.63. The van der Waals surface area contributed by atoms with Crippen LogP contribution in [0, 0.1) is 0 Å². The van der Waals surface area contributed by atoms with Crippen molar-refractivity contribution >= 4 is 17.5 Å². The van der Waals surface area contributed by atoms with Gasteiger partial charge in [-0.3, -0.25) is 0 Å². The van der Waals surface area contributed by atoms with E-state index in [1.807, 2.05) is 13.8 Å². The normalized spacial score (nSPS) is 10.9. The topological polar surface area (TPSA) is 61.3 Å². The SMILES string of the molecule is COc1ccc(Cl)cc1-c1noc(N)c1C(C)C. The zero-order chi connectivity index (χ0) is 13.3. The van der Waals surface area contributed by atoms with Crippen LogP contribution in [-0.2, 0) is 0 Å². The summed E-state index contributed by atoms with van der Waals surface area (Å²) in [7, 11) is 1.60. The highest BCUT2D eigenvalue weighted by atomic mass is 35.5. The Morgan fingerprint density at radius 1 is 1.39 bits per heavy atom. The number of hydrogen-bond acceptors (Lipinski definition) is 4. The summed E-state index contributed by atoms with van der Waals surface area (Å²) in [5.41, 5.74) is 8.15. The second-order valence-corrected chi connectivity index (χ2v) is 4.74. The fourth-order valence-electron chi connectivity index (χ4n) is 1.93. The largest absolute Gasteiger partial charge is 0.496 e. The lowest BCUT2D eigenvalue weighted by atomic mass is 9.98. The number of halogens is 1. The first kappa shape index (κ1) is 12.8. The zero-order valence-corrected chi connectivity index (χ0v) is 11.3. The molecule has 0 saturated heterocycles. The van der Waals surface area contributed by atoms with E-state index in [1.165, 1.54) is 0 Å². The molecule has 96 valence electrons. The Hall–Kier alpha value is -1.68. The molecular formula is C13H15ClN2O2. The Bertz CT molecular complexity index is 564. The lowest BCUT2D eigenvalue weighted by Gasteiger charge is -2.09. The highest BCUT2D eigenvalue weighted by molar-refractivity contribution is 6.31. The van der Waals surface area contributed by atoms with Gasteiger partial charge in [0.1, 0.15) is 11.4 Å². The summed E-state index contributed by atoms with van der Waals surface area (Å²) in [6, 6.07) is 5.36. The van der Waals surface area contributed by atoms with Gasteiger partial charge in [0.05, 0.1) is 7.11 Å². The lowest BCUT2D eigenvalue weighted by Crippen LogP contribution is -1.96. The molecule has 2 aromatic rings. The molecule has 0 saturated carbocycles. The minimum Gasteiger partial charge on any atom is -0.496 e. The lowest BCUT2D eigenvalue weighted by molar-refractivity contribution is 0.414. The zero-order valence-electron chi connectivity index (χ0n) is 10.5. The minimum absolute atomic E-state index is 0.204. The van der Waals surface area contributed by atoms with Crippen LogP contribution in [0.1, 0.15) is 25.3 Å². The first-order chi connectivity index (χ1) is 8.54. The molecule has 0 unspecified atom stereocenters. The Morgan fingerprint density at radius 3 is 2.72 bits per heavy atom. The van der Waals surface area contributed by atoms with Crippen molar-refractivity contribution in [3.8, 4) is 17.0 Å². The van der Waals surface area contributed by atoms with Crippen LogP contribution < -0.4 is 10.5 Å². The number of hydrogen-bond donors (Lipinski definition) is 1. The molecule has 18 heavy (non-hydrogen) atoms. The van der Waals surface area contributed by atoms with Gasteiger partial charge in [-0.2, -0.15) is 0 Å². The number of benzene rings is 1. The van der Waals surface area contributed by atoms with Crippen LogP contribution in [0.5, 0.6) is 5.75 Å². The van der Waals surface area contributed by atoms with Crippen molar-refractivity contribution in [2.75, 3.05) is 12.8 Å². The predicted octanol–water partition coefficient (Wildman–Crippen LogP) is 3.71. The molecule has 0 radical (unpaired) electrons. The summed E-state index contributed by atoms with van der Waals surface area (Å²) < 4.78 is 10.4. The van der Waals surface area contributed by atoms with Crippen molar-refractivity contribution in [2.45, 2.75) is 19.8 Å². The smallest absolute Gasteiger partial charge is 0.226 e. The molecule has 0 aliphatic rings. The molecule has 4 nitrogen and oxygen atoms in total. The Labute approximate surface area is 111 Å². The highest BCUT2D eigenvalue weighted by Crippen LogP contribution is 2.38. The van der Waals surface area contributed by atoms with Crippen molar-refractivity contribution < 1.29 is 9.26 Å². The highest BCUT2D eigenvalue weighted by Gasteiger charge is 2.21. The fourth-order valence-corrected chi connectivity index (χ4v) is 2.10.